The van der Waals surface area contributed by atoms with Gasteiger partial charge in [0, 0.05) is 37.6 Å². The molecule has 3 heterocycles. The summed E-state index contributed by atoms with van der Waals surface area (Å²) in [6, 6.07) is 5.55. The van der Waals surface area contributed by atoms with E-state index in [0.717, 1.165) is 37.7 Å². The minimum absolute atomic E-state index is 0.0440. The molecular weight excluding hydrogens is 360 g/mol. The molecule has 2 aliphatic rings. The lowest BCUT2D eigenvalue weighted by Crippen LogP contribution is -2.49. The fourth-order valence-corrected chi connectivity index (χ4v) is 4.27. The number of nitrogens with two attached hydrogens (primary N) is 1. The van der Waals surface area contributed by atoms with Crippen molar-refractivity contribution in [3.05, 3.63) is 30.0 Å². The van der Waals surface area contributed by atoms with E-state index < -0.39 is 6.23 Å². The number of aliphatic hydroxyl groups excluding tert-OH is 1. The van der Waals surface area contributed by atoms with Crippen LogP contribution in [0.2, 0.25) is 0 Å². The first kappa shape index (κ1) is 19.2. The zero-order chi connectivity index (χ0) is 19.7. The minimum Gasteiger partial charge on any atom is -0.493 e. The molecule has 1 aromatic heterocycles. The number of furan rings is 1. The van der Waals surface area contributed by atoms with Crippen LogP contribution in [0.5, 0.6) is 5.75 Å². The van der Waals surface area contributed by atoms with Crippen molar-refractivity contribution in [1.82, 2.24) is 15.1 Å². The molecule has 2 aromatic rings. The van der Waals surface area contributed by atoms with Gasteiger partial charge in [0.2, 0.25) is 0 Å². The molecule has 0 radical (unpaired) electrons. The number of ether oxygens (including phenoxy) is 1. The molecule has 1 unspecified atom stereocenters. The molecule has 2 aliphatic heterocycles. The quantitative estimate of drug-likeness (QED) is 0.677. The van der Waals surface area contributed by atoms with E-state index >= 15 is 0 Å². The molecule has 3 atom stereocenters. The molecule has 2 fully saturated rings. The Hall–Kier alpha value is -2.13. The first-order valence-electron chi connectivity index (χ1n) is 9.83. The molecular formula is C20H28N4O4. The highest BCUT2D eigenvalue weighted by Gasteiger charge is 2.31. The summed E-state index contributed by atoms with van der Waals surface area (Å²) in [4.78, 5) is 16.9. The normalized spacial score (nSPS) is 24.7. The lowest BCUT2D eigenvalue weighted by molar-refractivity contribution is -0.0236. The number of hydrogen-bond donors (Lipinski definition) is 3. The lowest BCUT2D eigenvalue weighted by atomic mass is 10.1. The van der Waals surface area contributed by atoms with Crippen molar-refractivity contribution in [2.75, 3.05) is 33.3 Å². The van der Waals surface area contributed by atoms with Crippen LogP contribution in [-0.4, -0.2) is 72.5 Å². The van der Waals surface area contributed by atoms with E-state index in [0.29, 0.717) is 30.0 Å². The second kappa shape index (κ2) is 8.08. The Morgan fingerprint density at radius 1 is 1.43 bits per heavy atom. The number of fused-ring (bicyclic) bond motifs is 1. The Morgan fingerprint density at radius 2 is 2.29 bits per heavy atom. The molecule has 0 spiro atoms. The first-order valence-corrected chi connectivity index (χ1v) is 9.83. The van der Waals surface area contributed by atoms with Gasteiger partial charge in [-0.25, -0.2) is 0 Å². The molecule has 1 amide bonds. The van der Waals surface area contributed by atoms with E-state index in [-0.39, 0.29) is 18.1 Å². The van der Waals surface area contributed by atoms with Crippen molar-refractivity contribution >= 4 is 16.9 Å². The summed E-state index contributed by atoms with van der Waals surface area (Å²) < 4.78 is 10.8. The SMILES string of the molecule is COc1cccc2c(C(=O)N[C@H]3CCN(CC(O)N4CCC[C@H]4N)C3)coc12. The van der Waals surface area contributed by atoms with Crippen molar-refractivity contribution in [2.45, 2.75) is 37.7 Å². The molecule has 0 aliphatic carbocycles. The zero-order valence-electron chi connectivity index (χ0n) is 16.1. The number of carbonyl (C=O) groups excluding carboxylic acids is 1. The molecule has 0 saturated carbocycles. The third-order valence-electron chi connectivity index (χ3n) is 5.78. The number of methoxy groups -OCH3 is 1. The van der Waals surface area contributed by atoms with Crippen LogP contribution in [0.15, 0.2) is 28.9 Å². The van der Waals surface area contributed by atoms with Gasteiger partial charge < -0.3 is 25.3 Å². The van der Waals surface area contributed by atoms with Crippen LogP contribution in [0.3, 0.4) is 0 Å². The Labute approximate surface area is 164 Å². The van der Waals surface area contributed by atoms with Gasteiger partial charge >= 0.3 is 0 Å². The molecule has 8 heteroatoms. The number of aliphatic hydroxyl groups is 1. The van der Waals surface area contributed by atoms with Gasteiger partial charge in [0.15, 0.2) is 11.3 Å². The van der Waals surface area contributed by atoms with E-state index in [1.807, 2.05) is 17.0 Å². The summed E-state index contributed by atoms with van der Waals surface area (Å²) in [6.45, 7) is 2.94. The number of likely N-dealkylation sites (tertiary alicyclic amines) is 2. The zero-order valence-corrected chi connectivity index (χ0v) is 16.1. The number of para-hydroxylation sites is 1. The predicted octanol–water partition coefficient (Wildman–Crippen LogP) is 0.945. The third kappa shape index (κ3) is 3.73. The van der Waals surface area contributed by atoms with Crippen LogP contribution in [0, 0.1) is 0 Å². The van der Waals surface area contributed by atoms with Crippen LogP contribution in [-0.2, 0) is 0 Å². The van der Waals surface area contributed by atoms with Gasteiger partial charge in [0.25, 0.3) is 5.91 Å². The average molecular weight is 388 g/mol. The van der Waals surface area contributed by atoms with Crippen molar-refractivity contribution in [1.29, 1.82) is 0 Å². The molecule has 28 heavy (non-hydrogen) atoms. The smallest absolute Gasteiger partial charge is 0.255 e. The lowest BCUT2D eigenvalue weighted by Gasteiger charge is -2.30. The fraction of sp³-hybridized carbons (Fsp3) is 0.550. The number of nitrogens with zero attached hydrogens (tertiary/aromatic N) is 2. The number of carbonyl (C=O) groups is 1. The first-order chi connectivity index (χ1) is 13.6. The summed E-state index contributed by atoms with van der Waals surface area (Å²) in [7, 11) is 1.58. The van der Waals surface area contributed by atoms with Crippen LogP contribution in [0.25, 0.3) is 11.0 Å². The summed E-state index contributed by atoms with van der Waals surface area (Å²) in [6.07, 6.45) is 3.67. The maximum absolute atomic E-state index is 12.8. The van der Waals surface area contributed by atoms with E-state index in [1.54, 1.807) is 13.2 Å². The summed E-state index contributed by atoms with van der Waals surface area (Å²) in [5.41, 5.74) is 7.13. The highest BCUT2D eigenvalue weighted by Crippen LogP contribution is 2.29. The highest BCUT2D eigenvalue weighted by atomic mass is 16.5. The van der Waals surface area contributed by atoms with Crippen molar-refractivity contribution < 1.29 is 19.1 Å². The maximum atomic E-state index is 12.8. The van der Waals surface area contributed by atoms with E-state index in [4.69, 9.17) is 14.9 Å². The summed E-state index contributed by atoms with van der Waals surface area (Å²) in [5, 5.41) is 14.3. The van der Waals surface area contributed by atoms with Crippen LogP contribution >= 0.6 is 0 Å². The van der Waals surface area contributed by atoms with Gasteiger partial charge in [0.1, 0.15) is 12.5 Å². The Morgan fingerprint density at radius 3 is 3.04 bits per heavy atom. The second-order valence-electron chi connectivity index (χ2n) is 7.63. The number of amides is 1. The largest absolute Gasteiger partial charge is 0.493 e. The number of rotatable bonds is 6. The topological polar surface area (TPSA) is 104 Å². The number of benzene rings is 1. The van der Waals surface area contributed by atoms with Gasteiger partial charge in [0.05, 0.1) is 18.8 Å². The molecule has 2 saturated heterocycles. The van der Waals surface area contributed by atoms with Crippen LogP contribution in [0.1, 0.15) is 29.6 Å². The minimum atomic E-state index is -0.558. The Kier molecular flexibility index (Phi) is 5.54. The molecule has 0 bridgehead atoms. The Bertz CT molecular complexity index is 839. The number of hydrogen-bond acceptors (Lipinski definition) is 7. The van der Waals surface area contributed by atoms with Gasteiger partial charge in [-0.2, -0.15) is 0 Å². The van der Waals surface area contributed by atoms with Crippen molar-refractivity contribution in [3.8, 4) is 5.75 Å². The molecule has 1 aromatic carbocycles. The van der Waals surface area contributed by atoms with Gasteiger partial charge in [-0.05, 0) is 25.3 Å². The molecule has 8 nitrogen and oxygen atoms in total. The second-order valence-corrected chi connectivity index (χ2v) is 7.63. The standard InChI is InChI=1S/C20H28N4O4/c1-27-16-5-2-4-14-15(12-28-19(14)16)20(26)22-13-7-9-23(10-13)11-18(25)24-8-3-6-17(24)21/h2,4-5,12-13,17-18,25H,3,6-11,21H2,1H3,(H,22,26)/t13-,17-,18?/m0/s1. The summed E-state index contributed by atoms with van der Waals surface area (Å²) >= 11 is 0. The molecule has 152 valence electrons. The fourth-order valence-electron chi connectivity index (χ4n) is 4.27. The van der Waals surface area contributed by atoms with E-state index in [2.05, 4.69) is 10.2 Å². The number of β-amino-alcohol motifs (C(OH)–C–C–N with tert-alkyl or cyclic N) is 1. The maximum Gasteiger partial charge on any atom is 0.255 e. The third-order valence-corrected chi connectivity index (χ3v) is 5.78. The van der Waals surface area contributed by atoms with Crippen LogP contribution in [0.4, 0.5) is 0 Å². The highest BCUT2D eigenvalue weighted by molar-refractivity contribution is 6.07. The Balaban J connectivity index is 1.35. The molecule has 4 N–H and O–H groups in total. The molecule has 4 rings (SSSR count). The van der Waals surface area contributed by atoms with Crippen molar-refractivity contribution in [3.63, 3.8) is 0 Å². The van der Waals surface area contributed by atoms with Gasteiger partial charge in [-0.3, -0.25) is 14.6 Å². The van der Waals surface area contributed by atoms with E-state index in [1.165, 1.54) is 6.26 Å². The van der Waals surface area contributed by atoms with Crippen LogP contribution < -0.4 is 15.8 Å². The predicted molar refractivity (Wildman–Crippen MR) is 105 cm³/mol. The van der Waals surface area contributed by atoms with E-state index in [9.17, 15) is 9.90 Å². The van der Waals surface area contributed by atoms with Gasteiger partial charge in [-0.15, -0.1) is 0 Å². The summed E-state index contributed by atoms with van der Waals surface area (Å²) in [5.74, 6) is 0.457. The average Bonchev–Trinajstić information content (AvgIpc) is 3.41. The number of nitrogens with one attached hydrogen (secondary N) is 1. The van der Waals surface area contributed by atoms with Crippen molar-refractivity contribution in [2.24, 2.45) is 5.73 Å². The van der Waals surface area contributed by atoms with Gasteiger partial charge in [-0.1, -0.05) is 12.1 Å². The monoisotopic (exact) mass is 388 g/mol.